The maximum absolute atomic E-state index is 11.7. The van der Waals surface area contributed by atoms with Crippen molar-refractivity contribution in [2.75, 3.05) is 38.8 Å². The number of ether oxygens (including phenoxy) is 1. The van der Waals surface area contributed by atoms with Gasteiger partial charge in [-0.25, -0.2) is 0 Å². The van der Waals surface area contributed by atoms with E-state index in [0.717, 1.165) is 6.54 Å². The molecule has 4 heteroatoms. The van der Waals surface area contributed by atoms with E-state index in [0.29, 0.717) is 31.5 Å². The minimum absolute atomic E-state index is 0.0930. The Hall–Kier alpha value is -0.0600. The molecule has 0 bridgehead atoms. The summed E-state index contributed by atoms with van der Waals surface area (Å²) in [5.74, 6) is 1.64. The fourth-order valence-corrected chi connectivity index (χ4v) is 2.46. The van der Waals surface area contributed by atoms with Gasteiger partial charge < -0.3 is 9.64 Å². The number of ketones is 1. The van der Waals surface area contributed by atoms with Gasteiger partial charge in [0, 0.05) is 19.0 Å². The second-order valence-electron chi connectivity index (χ2n) is 4.56. The van der Waals surface area contributed by atoms with E-state index in [1.807, 2.05) is 11.8 Å². The van der Waals surface area contributed by atoms with E-state index in [1.165, 1.54) is 12.2 Å². The highest BCUT2D eigenvalue weighted by atomic mass is 32.2. The van der Waals surface area contributed by atoms with Crippen LogP contribution in [-0.4, -0.2) is 55.5 Å². The van der Waals surface area contributed by atoms with E-state index in [-0.39, 0.29) is 5.92 Å². The normalized spacial score (nSPS) is 23.8. The smallest absolute Gasteiger partial charge is 0.141 e. The number of rotatable bonds is 6. The van der Waals surface area contributed by atoms with Gasteiger partial charge >= 0.3 is 0 Å². The molecule has 16 heavy (non-hydrogen) atoms. The van der Waals surface area contributed by atoms with Gasteiger partial charge in [-0.2, -0.15) is 11.8 Å². The molecule has 1 fully saturated rings. The van der Waals surface area contributed by atoms with Crippen molar-refractivity contribution >= 4 is 17.5 Å². The Labute approximate surface area is 103 Å². The Balaban J connectivity index is 2.31. The van der Waals surface area contributed by atoms with Crippen molar-refractivity contribution in [1.82, 2.24) is 4.90 Å². The number of Topliss-reactive ketones (excluding diaryl/α,β-unsaturated/α-hetero) is 1. The third-order valence-corrected chi connectivity index (χ3v) is 3.91. The van der Waals surface area contributed by atoms with Gasteiger partial charge in [0.1, 0.15) is 5.78 Å². The summed E-state index contributed by atoms with van der Waals surface area (Å²) in [7, 11) is 2.10. The fraction of sp³-hybridized carbons (Fsp3) is 0.917. The van der Waals surface area contributed by atoms with Crippen molar-refractivity contribution in [2.45, 2.75) is 25.8 Å². The summed E-state index contributed by atoms with van der Waals surface area (Å²) < 4.78 is 5.36. The van der Waals surface area contributed by atoms with E-state index in [9.17, 15) is 4.79 Å². The quantitative estimate of drug-likeness (QED) is 0.712. The minimum Gasteiger partial charge on any atom is -0.380 e. The van der Waals surface area contributed by atoms with Crippen LogP contribution in [0.15, 0.2) is 0 Å². The Morgan fingerprint density at radius 3 is 3.00 bits per heavy atom. The molecule has 3 nitrogen and oxygen atoms in total. The highest BCUT2D eigenvalue weighted by Gasteiger charge is 2.25. The molecule has 0 saturated carbocycles. The first-order valence-electron chi connectivity index (χ1n) is 5.94. The zero-order chi connectivity index (χ0) is 12.0. The zero-order valence-corrected chi connectivity index (χ0v) is 11.4. The van der Waals surface area contributed by atoms with E-state index in [2.05, 4.69) is 25.1 Å². The number of hydrogen-bond donors (Lipinski definition) is 0. The molecule has 1 heterocycles. The molecule has 1 saturated heterocycles. The molecular formula is C12H23NO2S. The summed E-state index contributed by atoms with van der Waals surface area (Å²) in [5, 5.41) is 0. The van der Waals surface area contributed by atoms with Gasteiger partial charge in [-0.05, 0) is 32.4 Å². The predicted octanol–water partition coefficient (Wildman–Crippen LogP) is 1.67. The minimum atomic E-state index is 0.0930. The third-order valence-electron chi connectivity index (χ3n) is 3.27. The van der Waals surface area contributed by atoms with Gasteiger partial charge in [-0.3, -0.25) is 4.79 Å². The van der Waals surface area contributed by atoms with E-state index < -0.39 is 0 Å². The molecule has 0 aliphatic carbocycles. The van der Waals surface area contributed by atoms with Crippen molar-refractivity contribution in [3.8, 4) is 0 Å². The summed E-state index contributed by atoms with van der Waals surface area (Å²) in [5.41, 5.74) is 0. The van der Waals surface area contributed by atoms with Gasteiger partial charge in [0.05, 0.1) is 19.1 Å². The van der Waals surface area contributed by atoms with Crippen LogP contribution in [0.4, 0.5) is 0 Å². The Morgan fingerprint density at radius 1 is 1.62 bits per heavy atom. The van der Waals surface area contributed by atoms with E-state index in [4.69, 9.17) is 4.74 Å². The number of carbonyl (C=O) groups excluding carboxylic acids is 1. The topological polar surface area (TPSA) is 29.5 Å². The molecule has 0 radical (unpaired) electrons. The summed E-state index contributed by atoms with van der Waals surface area (Å²) in [6, 6.07) is 0.544. The predicted molar refractivity (Wildman–Crippen MR) is 69.0 cm³/mol. The zero-order valence-electron chi connectivity index (χ0n) is 10.6. The van der Waals surface area contributed by atoms with Crippen LogP contribution >= 0.6 is 11.8 Å². The maximum atomic E-state index is 11.7. The maximum Gasteiger partial charge on any atom is 0.141 e. The van der Waals surface area contributed by atoms with E-state index in [1.54, 1.807) is 0 Å². The van der Waals surface area contributed by atoms with Crippen LogP contribution in [0.1, 0.15) is 19.8 Å². The third kappa shape index (κ3) is 4.44. The number of thioether (sulfide) groups is 1. The van der Waals surface area contributed by atoms with Crippen molar-refractivity contribution in [3.63, 3.8) is 0 Å². The molecule has 1 rings (SSSR count). The number of hydrogen-bond acceptors (Lipinski definition) is 4. The Kier molecular flexibility index (Phi) is 6.39. The fourth-order valence-electron chi connectivity index (χ4n) is 1.89. The average Bonchev–Trinajstić information content (AvgIpc) is 2.28. The molecule has 0 amide bonds. The lowest BCUT2D eigenvalue weighted by molar-refractivity contribution is -0.131. The molecule has 1 aliphatic heterocycles. The molecule has 0 aromatic carbocycles. The first-order chi connectivity index (χ1) is 7.65. The summed E-state index contributed by atoms with van der Waals surface area (Å²) in [6.07, 6.45) is 3.91. The van der Waals surface area contributed by atoms with Crippen LogP contribution in [0, 0.1) is 5.92 Å². The summed E-state index contributed by atoms with van der Waals surface area (Å²) in [4.78, 5) is 13.9. The molecule has 0 spiro atoms. The van der Waals surface area contributed by atoms with Crippen LogP contribution in [0.25, 0.3) is 0 Å². The molecule has 0 aromatic heterocycles. The largest absolute Gasteiger partial charge is 0.380 e. The lowest BCUT2D eigenvalue weighted by atomic mass is 9.99. The van der Waals surface area contributed by atoms with Crippen LogP contribution in [0.2, 0.25) is 0 Å². The highest BCUT2D eigenvalue weighted by molar-refractivity contribution is 7.98. The van der Waals surface area contributed by atoms with Crippen LogP contribution in [-0.2, 0) is 9.53 Å². The standard InChI is InChI=1S/C12H23NO2S/c1-10(5-7-16-3)13(2)8-11-9-15-6-4-12(11)14/h10-11H,4-9H2,1-3H3. The first kappa shape index (κ1) is 14.0. The Bertz CT molecular complexity index is 223. The molecule has 0 N–H and O–H groups in total. The summed E-state index contributed by atoms with van der Waals surface area (Å²) in [6.45, 7) is 4.29. The highest BCUT2D eigenvalue weighted by Crippen LogP contribution is 2.14. The SMILES string of the molecule is CSCCC(C)N(C)CC1COCCC1=O. The molecule has 94 valence electrons. The Morgan fingerprint density at radius 2 is 2.38 bits per heavy atom. The van der Waals surface area contributed by atoms with Gasteiger partial charge in [0.2, 0.25) is 0 Å². The van der Waals surface area contributed by atoms with Crippen molar-refractivity contribution in [1.29, 1.82) is 0 Å². The molecule has 1 aliphatic rings. The molecule has 0 aromatic rings. The molecule has 2 atom stereocenters. The van der Waals surface area contributed by atoms with E-state index >= 15 is 0 Å². The van der Waals surface area contributed by atoms with Crippen molar-refractivity contribution in [2.24, 2.45) is 5.92 Å². The molecule has 2 unspecified atom stereocenters. The van der Waals surface area contributed by atoms with Crippen molar-refractivity contribution < 1.29 is 9.53 Å². The lowest BCUT2D eigenvalue weighted by Gasteiger charge is -2.30. The summed E-state index contributed by atoms with van der Waals surface area (Å²) >= 11 is 1.88. The van der Waals surface area contributed by atoms with Gasteiger partial charge in [-0.15, -0.1) is 0 Å². The number of nitrogens with zero attached hydrogens (tertiary/aromatic N) is 1. The van der Waals surface area contributed by atoms with Gasteiger partial charge in [0.25, 0.3) is 0 Å². The monoisotopic (exact) mass is 245 g/mol. The number of carbonyl (C=O) groups is 1. The second-order valence-corrected chi connectivity index (χ2v) is 5.54. The van der Waals surface area contributed by atoms with Crippen LogP contribution < -0.4 is 0 Å². The first-order valence-corrected chi connectivity index (χ1v) is 7.34. The second kappa shape index (κ2) is 7.30. The van der Waals surface area contributed by atoms with Gasteiger partial charge in [0.15, 0.2) is 0 Å². The van der Waals surface area contributed by atoms with Crippen LogP contribution in [0.3, 0.4) is 0 Å². The lowest BCUT2D eigenvalue weighted by Crippen LogP contribution is -2.40. The molecular weight excluding hydrogens is 222 g/mol. The van der Waals surface area contributed by atoms with Crippen molar-refractivity contribution in [3.05, 3.63) is 0 Å². The van der Waals surface area contributed by atoms with Gasteiger partial charge in [-0.1, -0.05) is 0 Å². The average molecular weight is 245 g/mol. The van der Waals surface area contributed by atoms with Crippen LogP contribution in [0.5, 0.6) is 0 Å².